The molecule has 0 bridgehead atoms. The normalized spacial score (nSPS) is 14.7. The minimum absolute atomic E-state index is 0.0393. The van der Waals surface area contributed by atoms with Crippen LogP contribution in [0.3, 0.4) is 0 Å². The van der Waals surface area contributed by atoms with Crippen molar-refractivity contribution >= 4 is 44.2 Å². The van der Waals surface area contributed by atoms with Crippen LogP contribution in [0.4, 0.5) is 11.4 Å². The zero-order chi connectivity index (χ0) is 27.4. The van der Waals surface area contributed by atoms with Gasteiger partial charge in [-0.1, -0.05) is 18.2 Å². The average molecular weight is 549 g/mol. The van der Waals surface area contributed by atoms with E-state index in [0.29, 0.717) is 18.9 Å². The molecule has 0 radical (unpaired) electrons. The van der Waals surface area contributed by atoms with E-state index in [1.165, 1.54) is 24.3 Å². The number of benzene rings is 3. The first-order valence-electron chi connectivity index (χ1n) is 12.4. The summed E-state index contributed by atoms with van der Waals surface area (Å²) in [6, 6.07) is 18.6. The average Bonchev–Trinajstić information content (AvgIpc) is 3.36. The molecular formula is C28H28N4O6S. The molecule has 5 rings (SSSR count). The Balaban J connectivity index is 1.38. The number of carboxylic acid groups (broad SMARTS) is 1. The minimum Gasteiger partial charge on any atom is -0.478 e. The second-order valence-electron chi connectivity index (χ2n) is 9.20. The molecule has 1 atom stereocenters. The van der Waals surface area contributed by atoms with Crippen molar-refractivity contribution in [1.29, 1.82) is 0 Å². The number of para-hydroxylation sites is 1. The molecule has 1 unspecified atom stereocenters. The molecule has 4 N–H and O–H groups in total. The van der Waals surface area contributed by atoms with E-state index in [9.17, 15) is 18.0 Å². The Morgan fingerprint density at radius 1 is 0.974 bits per heavy atom. The van der Waals surface area contributed by atoms with Gasteiger partial charge in [-0.15, -0.1) is 0 Å². The summed E-state index contributed by atoms with van der Waals surface area (Å²) < 4.78 is 34.4. The van der Waals surface area contributed by atoms with Gasteiger partial charge in [0.05, 0.1) is 23.7 Å². The molecule has 4 aromatic rings. The van der Waals surface area contributed by atoms with Gasteiger partial charge in [-0.05, 0) is 66.6 Å². The molecule has 1 saturated heterocycles. The lowest BCUT2D eigenvalue weighted by atomic mass is 10.0. The molecule has 0 spiro atoms. The van der Waals surface area contributed by atoms with Crippen molar-refractivity contribution in [2.75, 3.05) is 36.5 Å². The Morgan fingerprint density at radius 3 is 2.36 bits per heavy atom. The van der Waals surface area contributed by atoms with E-state index in [-0.39, 0.29) is 16.9 Å². The van der Waals surface area contributed by atoms with Gasteiger partial charge in [-0.2, -0.15) is 4.72 Å². The summed E-state index contributed by atoms with van der Waals surface area (Å²) in [7, 11) is -4.15. The van der Waals surface area contributed by atoms with Crippen LogP contribution in [-0.2, 0) is 26.0 Å². The Bertz CT molecular complexity index is 1580. The van der Waals surface area contributed by atoms with Crippen molar-refractivity contribution in [3.8, 4) is 0 Å². The lowest BCUT2D eigenvalue weighted by Gasteiger charge is -2.29. The molecule has 11 heteroatoms. The summed E-state index contributed by atoms with van der Waals surface area (Å²) in [4.78, 5) is 29.8. The van der Waals surface area contributed by atoms with Gasteiger partial charge in [0.15, 0.2) is 0 Å². The van der Waals surface area contributed by atoms with E-state index in [4.69, 9.17) is 9.84 Å². The van der Waals surface area contributed by atoms with Crippen LogP contribution in [0.15, 0.2) is 83.9 Å². The number of nitrogens with one attached hydrogen (secondary N) is 3. The zero-order valence-corrected chi connectivity index (χ0v) is 21.8. The Labute approximate surface area is 225 Å². The number of amides is 1. The molecule has 1 aromatic heterocycles. The van der Waals surface area contributed by atoms with Crippen molar-refractivity contribution in [3.63, 3.8) is 0 Å². The van der Waals surface area contributed by atoms with Crippen molar-refractivity contribution in [1.82, 2.24) is 9.71 Å². The third-order valence-electron chi connectivity index (χ3n) is 6.64. The number of ether oxygens (including phenoxy) is 1. The number of carbonyl (C=O) groups excluding carboxylic acids is 1. The number of nitrogens with zero attached hydrogens (tertiary/aromatic N) is 1. The van der Waals surface area contributed by atoms with Gasteiger partial charge in [0.25, 0.3) is 0 Å². The molecule has 10 nitrogen and oxygen atoms in total. The summed E-state index contributed by atoms with van der Waals surface area (Å²) in [5, 5.41) is 12.8. The van der Waals surface area contributed by atoms with Crippen LogP contribution >= 0.6 is 0 Å². The molecule has 1 fully saturated rings. The summed E-state index contributed by atoms with van der Waals surface area (Å²) in [5.74, 6) is -1.69. The number of fused-ring (bicyclic) bond motifs is 1. The largest absolute Gasteiger partial charge is 0.478 e. The standard InChI is InChI=1S/C28H28N4O6S/c33-27(30-21-7-9-22(10-8-21)32-13-15-38-16-14-32)26(17-20-18-29-25-4-2-1-3-24(20)25)31-39(36,37)23-11-5-19(6-12-23)28(34)35/h1-12,18,26,29,31H,13-17H2,(H,30,33)(H,34,35). The van der Waals surface area contributed by atoms with Crippen molar-refractivity contribution < 1.29 is 27.9 Å². The molecule has 3 aromatic carbocycles. The first kappa shape index (κ1) is 26.4. The van der Waals surface area contributed by atoms with Crippen molar-refractivity contribution in [3.05, 3.63) is 90.1 Å². The number of anilines is 2. The predicted molar refractivity (Wildman–Crippen MR) is 148 cm³/mol. The van der Waals surface area contributed by atoms with E-state index in [0.717, 1.165) is 35.2 Å². The molecule has 2 heterocycles. The number of carboxylic acids is 1. The molecule has 202 valence electrons. The fourth-order valence-electron chi connectivity index (χ4n) is 4.55. The maximum Gasteiger partial charge on any atom is 0.335 e. The van der Waals surface area contributed by atoms with Crippen LogP contribution in [0.25, 0.3) is 10.9 Å². The molecule has 0 saturated carbocycles. The molecule has 0 aliphatic carbocycles. The lowest BCUT2D eigenvalue weighted by molar-refractivity contribution is -0.117. The van der Waals surface area contributed by atoms with Crippen LogP contribution < -0.4 is 14.9 Å². The fourth-order valence-corrected chi connectivity index (χ4v) is 5.74. The van der Waals surface area contributed by atoms with Gasteiger partial charge in [0.2, 0.25) is 15.9 Å². The highest BCUT2D eigenvalue weighted by atomic mass is 32.2. The highest BCUT2D eigenvalue weighted by molar-refractivity contribution is 7.89. The van der Waals surface area contributed by atoms with Gasteiger partial charge < -0.3 is 25.0 Å². The third-order valence-corrected chi connectivity index (χ3v) is 8.12. The van der Waals surface area contributed by atoms with Crippen LogP contribution in [0.2, 0.25) is 0 Å². The van der Waals surface area contributed by atoms with E-state index < -0.39 is 27.9 Å². The smallest absolute Gasteiger partial charge is 0.335 e. The van der Waals surface area contributed by atoms with Gasteiger partial charge in [0, 0.05) is 41.6 Å². The SMILES string of the molecule is O=C(O)c1ccc(S(=O)(=O)NC(Cc2c[nH]c3ccccc23)C(=O)Nc2ccc(N3CCOCC3)cc2)cc1. The van der Waals surface area contributed by atoms with Crippen molar-refractivity contribution in [2.24, 2.45) is 0 Å². The number of aromatic amines is 1. The quantitative estimate of drug-likeness (QED) is 0.252. The fraction of sp³-hybridized carbons (Fsp3) is 0.214. The minimum atomic E-state index is -4.15. The van der Waals surface area contributed by atoms with Crippen LogP contribution in [0.5, 0.6) is 0 Å². The van der Waals surface area contributed by atoms with Crippen LogP contribution in [0.1, 0.15) is 15.9 Å². The van der Waals surface area contributed by atoms with Crippen LogP contribution in [0, 0.1) is 0 Å². The van der Waals surface area contributed by atoms with E-state index in [2.05, 4.69) is 19.9 Å². The highest BCUT2D eigenvalue weighted by Crippen LogP contribution is 2.22. The number of aromatic nitrogens is 1. The highest BCUT2D eigenvalue weighted by Gasteiger charge is 2.27. The Kier molecular flexibility index (Phi) is 7.64. The summed E-state index contributed by atoms with van der Waals surface area (Å²) >= 11 is 0. The van der Waals surface area contributed by atoms with E-state index >= 15 is 0 Å². The Morgan fingerprint density at radius 2 is 1.67 bits per heavy atom. The maximum atomic E-state index is 13.5. The second kappa shape index (κ2) is 11.3. The number of hydrogen-bond acceptors (Lipinski definition) is 6. The Hall–Kier alpha value is -4.19. The zero-order valence-electron chi connectivity index (χ0n) is 21.0. The lowest BCUT2D eigenvalue weighted by Crippen LogP contribution is -2.45. The third kappa shape index (κ3) is 6.11. The van der Waals surface area contributed by atoms with Gasteiger partial charge in [-0.3, -0.25) is 4.79 Å². The first-order valence-corrected chi connectivity index (χ1v) is 13.9. The molecule has 1 aliphatic heterocycles. The molecule has 1 aliphatic rings. The maximum absolute atomic E-state index is 13.5. The molecule has 1 amide bonds. The number of morpholine rings is 1. The molecule has 39 heavy (non-hydrogen) atoms. The number of rotatable bonds is 9. The number of aromatic carboxylic acids is 1. The summed E-state index contributed by atoms with van der Waals surface area (Å²) in [6.07, 6.45) is 1.85. The van der Waals surface area contributed by atoms with Crippen molar-refractivity contribution in [2.45, 2.75) is 17.4 Å². The topological polar surface area (TPSA) is 141 Å². The van der Waals surface area contributed by atoms with Crippen LogP contribution in [-0.4, -0.2) is 62.7 Å². The predicted octanol–water partition coefficient (Wildman–Crippen LogP) is 3.23. The second-order valence-corrected chi connectivity index (χ2v) is 10.9. The number of H-pyrrole nitrogens is 1. The number of sulfonamides is 1. The van der Waals surface area contributed by atoms with E-state index in [1.807, 2.05) is 36.4 Å². The monoisotopic (exact) mass is 548 g/mol. The molecular weight excluding hydrogens is 520 g/mol. The van der Waals surface area contributed by atoms with Gasteiger partial charge >= 0.3 is 5.97 Å². The van der Waals surface area contributed by atoms with E-state index in [1.54, 1.807) is 18.3 Å². The van der Waals surface area contributed by atoms with Gasteiger partial charge in [0.1, 0.15) is 6.04 Å². The summed E-state index contributed by atoms with van der Waals surface area (Å²) in [6.45, 7) is 2.89. The summed E-state index contributed by atoms with van der Waals surface area (Å²) in [5.41, 5.74) is 3.15. The van der Waals surface area contributed by atoms with Gasteiger partial charge in [-0.25, -0.2) is 13.2 Å². The first-order chi connectivity index (χ1) is 18.8. The number of carbonyl (C=O) groups is 2. The number of hydrogen-bond donors (Lipinski definition) is 4.